The maximum absolute atomic E-state index is 12.4. The number of hydrogen-bond acceptors (Lipinski definition) is 5. The predicted molar refractivity (Wildman–Crippen MR) is 60.5 cm³/mol. The van der Waals surface area contributed by atoms with E-state index in [0.717, 1.165) is 5.56 Å². The van der Waals surface area contributed by atoms with E-state index in [4.69, 9.17) is 19.5 Å². The number of Topliss-reactive ketones (excluding diaryl/α,β-unsaturated/α-hetero) is 1. The van der Waals surface area contributed by atoms with Gasteiger partial charge in [0, 0.05) is 5.56 Å². The molecule has 18 heavy (non-hydrogen) atoms. The number of nitrogens with zero attached hydrogens (tertiary/aromatic N) is 1. The fourth-order valence-electron chi connectivity index (χ4n) is 2.10. The summed E-state index contributed by atoms with van der Waals surface area (Å²) >= 11 is 0. The van der Waals surface area contributed by atoms with E-state index < -0.39 is 5.41 Å². The minimum atomic E-state index is -1.03. The first-order valence-corrected chi connectivity index (χ1v) is 5.60. The van der Waals surface area contributed by atoms with E-state index in [1.807, 2.05) is 6.92 Å². The Kier molecular flexibility index (Phi) is 2.28. The summed E-state index contributed by atoms with van der Waals surface area (Å²) in [5.74, 6) is 0.990. The van der Waals surface area contributed by atoms with Gasteiger partial charge in [-0.1, -0.05) is 0 Å². The summed E-state index contributed by atoms with van der Waals surface area (Å²) in [5.41, 5.74) is 0.258. The Balaban J connectivity index is 2.03. The lowest BCUT2D eigenvalue weighted by Gasteiger charge is -2.33. The van der Waals surface area contributed by atoms with Crippen LogP contribution in [0.3, 0.4) is 0 Å². The van der Waals surface area contributed by atoms with E-state index in [-0.39, 0.29) is 25.8 Å². The molecule has 92 valence electrons. The molecule has 0 saturated carbocycles. The molecular weight excluding hydrogens is 234 g/mol. The van der Waals surface area contributed by atoms with Gasteiger partial charge in [0.2, 0.25) is 6.79 Å². The molecule has 5 heteroatoms. The number of hydrogen-bond donors (Lipinski definition) is 0. The summed E-state index contributed by atoms with van der Waals surface area (Å²) in [6, 6.07) is 5.48. The van der Waals surface area contributed by atoms with Gasteiger partial charge >= 0.3 is 0 Å². The Morgan fingerprint density at radius 1 is 1.33 bits per heavy atom. The van der Waals surface area contributed by atoms with Crippen molar-refractivity contribution in [1.29, 1.82) is 5.26 Å². The second-order valence-electron chi connectivity index (χ2n) is 4.54. The van der Waals surface area contributed by atoms with Crippen molar-refractivity contribution in [2.75, 3.05) is 20.0 Å². The van der Waals surface area contributed by atoms with Gasteiger partial charge in [-0.2, -0.15) is 5.26 Å². The van der Waals surface area contributed by atoms with Crippen molar-refractivity contribution in [3.8, 4) is 17.6 Å². The van der Waals surface area contributed by atoms with Crippen LogP contribution in [-0.2, 0) is 4.74 Å². The van der Waals surface area contributed by atoms with E-state index in [0.29, 0.717) is 17.1 Å². The molecule has 0 amide bonds. The van der Waals surface area contributed by atoms with Crippen LogP contribution < -0.4 is 9.47 Å². The summed E-state index contributed by atoms with van der Waals surface area (Å²) < 4.78 is 15.5. The van der Waals surface area contributed by atoms with Gasteiger partial charge in [-0.05, 0) is 24.6 Å². The summed E-state index contributed by atoms with van der Waals surface area (Å²) in [6.07, 6.45) is 0. The number of ether oxygens (including phenoxy) is 3. The highest BCUT2D eigenvalue weighted by Crippen LogP contribution is 2.38. The maximum atomic E-state index is 12.4. The Morgan fingerprint density at radius 3 is 2.56 bits per heavy atom. The van der Waals surface area contributed by atoms with Crippen molar-refractivity contribution in [3.63, 3.8) is 0 Å². The first kappa shape index (κ1) is 11.1. The van der Waals surface area contributed by atoms with Crippen molar-refractivity contribution < 1.29 is 19.0 Å². The van der Waals surface area contributed by atoms with Crippen LogP contribution in [0.5, 0.6) is 11.5 Å². The molecule has 2 heterocycles. The van der Waals surface area contributed by atoms with E-state index in [1.165, 1.54) is 0 Å². The van der Waals surface area contributed by atoms with Gasteiger partial charge in [0.05, 0.1) is 19.3 Å². The molecule has 0 radical (unpaired) electrons. The van der Waals surface area contributed by atoms with Crippen molar-refractivity contribution in [2.45, 2.75) is 6.92 Å². The molecule has 1 saturated heterocycles. The van der Waals surface area contributed by atoms with Crippen molar-refractivity contribution in [1.82, 2.24) is 0 Å². The van der Waals surface area contributed by atoms with Crippen LogP contribution in [0.1, 0.15) is 15.9 Å². The minimum Gasteiger partial charge on any atom is -0.454 e. The fraction of sp³-hybridized carbons (Fsp3) is 0.385. The average molecular weight is 245 g/mol. The van der Waals surface area contributed by atoms with Crippen LogP contribution >= 0.6 is 0 Å². The summed E-state index contributed by atoms with van der Waals surface area (Å²) in [6.45, 7) is 2.31. The van der Waals surface area contributed by atoms with Gasteiger partial charge in [0.1, 0.15) is 0 Å². The fourth-order valence-corrected chi connectivity index (χ4v) is 2.10. The molecular formula is C13H11NO4. The molecule has 2 aliphatic rings. The molecule has 5 nitrogen and oxygen atoms in total. The van der Waals surface area contributed by atoms with Crippen LogP contribution in [0.25, 0.3) is 0 Å². The number of benzene rings is 1. The molecule has 0 atom stereocenters. The quantitative estimate of drug-likeness (QED) is 0.737. The molecule has 0 aromatic heterocycles. The normalized spacial score (nSPS) is 18.9. The minimum absolute atomic E-state index is 0.163. The third kappa shape index (κ3) is 1.39. The molecule has 2 aliphatic heterocycles. The number of rotatable bonds is 2. The van der Waals surface area contributed by atoms with Crippen LogP contribution in [0.4, 0.5) is 0 Å². The highest BCUT2D eigenvalue weighted by atomic mass is 16.7. The number of fused-ring (bicyclic) bond motifs is 1. The molecule has 1 aromatic carbocycles. The molecule has 0 aliphatic carbocycles. The maximum Gasteiger partial charge on any atom is 0.231 e. The second kappa shape index (κ2) is 3.72. The Bertz CT molecular complexity index is 569. The van der Waals surface area contributed by atoms with E-state index in [1.54, 1.807) is 12.1 Å². The monoisotopic (exact) mass is 245 g/mol. The molecule has 0 N–H and O–H groups in total. The van der Waals surface area contributed by atoms with Crippen LogP contribution in [0.2, 0.25) is 0 Å². The largest absolute Gasteiger partial charge is 0.454 e. The third-order valence-electron chi connectivity index (χ3n) is 3.31. The summed E-state index contributed by atoms with van der Waals surface area (Å²) in [4.78, 5) is 12.4. The lowest BCUT2D eigenvalue weighted by Crippen LogP contribution is -2.48. The second-order valence-corrected chi connectivity index (χ2v) is 4.54. The molecule has 0 bridgehead atoms. The van der Waals surface area contributed by atoms with Crippen molar-refractivity contribution in [3.05, 3.63) is 23.3 Å². The molecule has 3 rings (SSSR count). The smallest absolute Gasteiger partial charge is 0.231 e. The number of carbonyl (C=O) groups is 1. The third-order valence-corrected chi connectivity index (χ3v) is 3.31. The molecule has 1 fully saturated rings. The van der Waals surface area contributed by atoms with E-state index in [2.05, 4.69) is 6.07 Å². The zero-order chi connectivity index (χ0) is 12.8. The summed E-state index contributed by atoms with van der Waals surface area (Å²) in [7, 11) is 0. The lowest BCUT2D eigenvalue weighted by atomic mass is 9.79. The van der Waals surface area contributed by atoms with Crippen molar-refractivity contribution >= 4 is 5.78 Å². The number of aryl methyl sites for hydroxylation is 1. The predicted octanol–water partition coefficient (Wildman–Crippen LogP) is 1.45. The summed E-state index contributed by atoms with van der Waals surface area (Å²) in [5, 5.41) is 9.15. The van der Waals surface area contributed by atoms with Crippen molar-refractivity contribution in [2.24, 2.45) is 5.41 Å². The molecule has 0 unspecified atom stereocenters. The van der Waals surface area contributed by atoms with Crippen LogP contribution in [-0.4, -0.2) is 25.8 Å². The molecule has 0 spiro atoms. The number of carbonyl (C=O) groups excluding carboxylic acids is 1. The number of nitriles is 1. The van der Waals surface area contributed by atoms with Crippen LogP contribution in [0.15, 0.2) is 12.1 Å². The van der Waals surface area contributed by atoms with E-state index >= 15 is 0 Å². The SMILES string of the molecule is Cc1cc2c(cc1C(=O)C1(C#N)COC1)OCO2. The average Bonchev–Trinajstić information content (AvgIpc) is 2.74. The van der Waals surface area contributed by atoms with Gasteiger partial charge in [0.15, 0.2) is 22.7 Å². The highest BCUT2D eigenvalue weighted by Gasteiger charge is 2.47. The molecule has 1 aromatic rings. The number of ketones is 1. The first-order chi connectivity index (χ1) is 8.66. The Labute approximate surface area is 104 Å². The zero-order valence-corrected chi connectivity index (χ0v) is 9.86. The standard InChI is InChI=1S/C13H11NO4/c1-8-2-10-11(18-7-17-10)3-9(8)12(15)13(4-14)5-16-6-13/h2-3H,5-7H2,1H3. The lowest BCUT2D eigenvalue weighted by molar-refractivity contribution is -0.0566. The van der Waals surface area contributed by atoms with Gasteiger partial charge in [0.25, 0.3) is 0 Å². The van der Waals surface area contributed by atoms with Gasteiger partial charge in [-0.3, -0.25) is 4.79 Å². The van der Waals surface area contributed by atoms with E-state index in [9.17, 15) is 4.79 Å². The van der Waals surface area contributed by atoms with Crippen LogP contribution in [0, 0.1) is 23.7 Å². The first-order valence-electron chi connectivity index (χ1n) is 5.60. The Hall–Kier alpha value is -2.06. The van der Waals surface area contributed by atoms with Gasteiger partial charge in [-0.15, -0.1) is 0 Å². The van der Waals surface area contributed by atoms with Gasteiger partial charge in [-0.25, -0.2) is 0 Å². The Morgan fingerprint density at radius 2 is 2.00 bits per heavy atom. The highest BCUT2D eigenvalue weighted by molar-refractivity contribution is 6.04. The van der Waals surface area contributed by atoms with Gasteiger partial charge < -0.3 is 14.2 Å². The topological polar surface area (TPSA) is 68.6 Å². The zero-order valence-electron chi connectivity index (χ0n) is 9.86.